The number of nitrogens with zero attached hydrogens (tertiary/aromatic N) is 2. The van der Waals surface area contributed by atoms with Crippen molar-refractivity contribution in [2.24, 2.45) is 28.5 Å². The first kappa shape index (κ1) is 33.9. The number of rotatable bonds is 11. The van der Waals surface area contributed by atoms with E-state index >= 15 is 0 Å². The number of aryl methyl sites for hydroxylation is 1. The maximum Gasteiger partial charge on any atom is 0.345 e. The summed E-state index contributed by atoms with van der Waals surface area (Å²) in [7, 11) is 0.960. The average Bonchev–Trinajstić information content (AvgIpc) is 3.36. The maximum atomic E-state index is 12.9. The smallest absolute Gasteiger partial charge is 0.345 e. The third-order valence-corrected chi connectivity index (χ3v) is 10.0. The molecule has 1 unspecified atom stereocenters. The van der Waals surface area contributed by atoms with Crippen molar-refractivity contribution in [1.29, 1.82) is 0 Å². The highest BCUT2D eigenvalue weighted by atomic mass is 16.6. The summed E-state index contributed by atoms with van der Waals surface area (Å²) in [5, 5.41) is 45.9. The maximum absolute atomic E-state index is 12.9. The number of aliphatic hydroxyl groups is 3. The van der Waals surface area contributed by atoms with Crippen LogP contribution >= 0.6 is 0 Å². The van der Waals surface area contributed by atoms with Gasteiger partial charge in [-0.1, -0.05) is 13.0 Å². The molecule has 0 heterocycles. The van der Waals surface area contributed by atoms with Gasteiger partial charge in [0, 0.05) is 19.9 Å². The van der Waals surface area contributed by atoms with Crippen molar-refractivity contribution < 1.29 is 53.9 Å². The van der Waals surface area contributed by atoms with Crippen molar-refractivity contribution in [1.82, 2.24) is 10.3 Å². The number of aliphatic hydroxyl groups excluding tert-OH is 3. The highest BCUT2D eigenvalue weighted by Gasteiger charge is 2.58. The van der Waals surface area contributed by atoms with Crippen LogP contribution in [0, 0.1) is 28.1 Å². The molecule has 3 aliphatic carbocycles. The fourth-order valence-corrected chi connectivity index (χ4v) is 7.84. The van der Waals surface area contributed by atoms with Gasteiger partial charge in [0.1, 0.15) is 30.3 Å². The van der Waals surface area contributed by atoms with E-state index in [0.29, 0.717) is 25.0 Å². The van der Waals surface area contributed by atoms with E-state index in [0.717, 1.165) is 31.9 Å². The molecule has 0 aliphatic heterocycles. The number of esters is 2. The van der Waals surface area contributed by atoms with E-state index in [4.69, 9.17) is 9.47 Å². The highest BCUT2D eigenvalue weighted by molar-refractivity contribution is 5.81. The Kier molecular flexibility index (Phi) is 10.2. The largest absolute Gasteiger partial charge is 0.478 e. The number of amides is 2. The predicted molar refractivity (Wildman–Crippen MR) is 153 cm³/mol. The first-order chi connectivity index (χ1) is 21.2. The number of fused-ring (bicyclic) bond motifs is 5. The van der Waals surface area contributed by atoms with Gasteiger partial charge in [-0.25, -0.2) is 14.4 Å². The van der Waals surface area contributed by atoms with Gasteiger partial charge in [0.2, 0.25) is 6.10 Å². The molecule has 0 spiro atoms. The molecule has 5 N–H and O–H groups in total. The SMILES string of the molecule is CC(=O)Oc1ccc2c(c1)CC[C@@H]1[C@@H]2CC[C@]2(C)[C@@H](C(OC(=O)[C@@H](O)[C@@H](O)[C@H](O)[C@H](C=O)NC(=O)N(C)N=O)C(=O)O)CC[C@@H]12. The minimum absolute atomic E-state index is 0.0148. The quantitative estimate of drug-likeness (QED) is 0.0757. The normalized spacial score (nSPS) is 28.4. The number of ether oxygens (including phenoxy) is 2. The van der Waals surface area contributed by atoms with E-state index < -0.39 is 65.7 Å². The molecular formula is C30H39N3O12. The molecular weight excluding hydrogens is 594 g/mol. The lowest BCUT2D eigenvalue weighted by atomic mass is 9.53. The molecule has 0 aromatic heterocycles. The molecule has 246 valence electrons. The number of nitroso groups, excluding NO2 is 1. The van der Waals surface area contributed by atoms with Crippen LogP contribution in [-0.4, -0.2) is 93.2 Å². The second kappa shape index (κ2) is 13.6. The van der Waals surface area contributed by atoms with Crippen LogP contribution in [0.15, 0.2) is 23.5 Å². The van der Waals surface area contributed by atoms with Crippen LogP contribution < -0.4 is 10.1 Å². The summed E-state index contributed by atoms with van der Waals surface area (Å²) in [6.45, 7) is 3.36. The molecule has 4 rings (SSSR count). The molecule has 2 fully saturated rings. The van der Waals surface area contributed by atoms with Gasteiger partial charge < -0.3 is 40.0 Å². The molecule has 45 heavy (non-hydrogen) atoms. The molecule has 1 aromatic rings. The molecule has 2 saturated carbocycles. The minimum atomic E-state index is -2.46. The summed E-state index contributed by atoms with van der Waals surface area (Å²) < 4.78 is 10.5. The zero-order valence-corrected chi connectivity index (χ0v) is 25.2. The topological polar surface area (TPSA) is 229 Å². The highest BCUT2D eigenvalue weighted by Crippen LogP contribution is 2.64. The van der Waals surface area contributed by atoms with E-state index in [1.165, 1.54) is 12.5 Å². The van der Waals surface area contributed by atoms with Crippen LogP contribution in [0.4, 0.5) is 4.79 Å². The van der Waals surface area contributed by atoms with Crippen LogP contribution in [0.25, 0.3) is 0 Å². The van der Waals surface area contributed by atoms with Gasteiger partial charge in [-0.2, -0.15) is 5.01 Å². The molecule has 15 heteroatoms. The van der Waals surface area contributed by atoms with Crippen molar-refractivity contribution in [3.05, 3.63) is 34.2 Å². The number of hydrogen-bond donors (Lipinski definition) is 5. The Labute approximate surface area is 258 Å². The number of benzene rings is 1. The zero-order valence-electron chi connectivity index (χ0n) is 25.2. The molecule has 0 saturated heterocycles. The Morgan fingerprint density at radius 2 is 1.82 bits per heavy atom. The number of nitrogens with one attached hydrogen (secondary N) is 1. The number of aliphatic carboxylic acids is 1. The third kappa shape index (κ3) is 6.70. The van der Waals surface area contributed by atoms with Crippen LogP contribution in [0.5, 0.6) is 5.75 Å². The van der Waals surface area contributed by atoms with Gasteiger partial charge >= 0.3 is 23.9 Å². The van der Waals surface area contributed by atoms with Crippen molar-refractivity contribution in [3.63, 3.8) is 0 Å². The number of aldehydes is 1. The summed E-state index contributed by atoms with van der Waals surface area (Å²) >= 11 is 0. The first-order valence-corrected chi connectivity index (χ1v) is 14.8. The van der Waals surface area contributed by atoms with Gasteiger partial charge in [-0.05, 0) is 85.0 Å². The lowest BCUT2D eigenvalue weighted by Gasteiger charge is -2.51. The van der Waals surface area contributed by atoms with Gasteiger partial charge in [-0.15, -0.1) is 4.91 Å². The second-order valence-electron chi connectivity index (χ2n) is 12.4. The van der Waals surface area contributed by atoms with E-state index in [1.807, 2.05) is 24.4 Å². The van der Waals surface area contributed by atoms with E-state index in [1.54, 1.807) is 6.07 Å². The summed E-state index contributed by atoms with van der Waals surface area (Å²) in [4.78, 5) is 70.5. The molecule has 1 aromatic carbocycles. The van der Waals surface area contributed by atoms with Crippen molar-refractivity contribution >= 4 is 30.2 Å². The van der Waals surface area contributed by atoms with Gasteiger partial charge in [-0.3, -0.25) is 4.79 Å². The summed E-state index contributed by atoms with van der Waals surface area (Å²) in [5.74, 6) is -2.79. The summed E-state index contributed by atoms with van der Waals surface area (Å²) in [6.07, 6.45) is -4.46. The third-order valence-electron chi connectivity index (χ3n) is 10.0. The number of urea groups is 1. The summed E-state index contributed by atoms with van der Waals surface area (Å²) in [5.41, 5.74) is 1.82. The fourth-order valence-electron chi connectivity index (χ4n) is 7.84. The average molecular weight is 634 g/mol. The lowest BCUT2D eigenvalue weighted by molar-refractivity contribution is -0.185. The van der Waals surface area contributed by atoms with Gasteiger partial charge in [0.15, 0.2) is 6.10 Å². The second-order valence-corrected chi connectivity index (χ2v) is 12.4. The van der Waals surface area contributed by atoms with Crippen molar-refractivity contribution in [3.8, 4) is 5.75 Å². The van der Waals surface area contributed by atoms with Crippen LogP contribution in [0.2, 0.25) is 0 Å². The molecule has 2 amide bonds. The minimum Gasteiger partial charge on any atom is -0.478 e. The zero-order chi connectivity index (χ0) is 33.2. The molecule has 3 aliphatic rings. The molecule has 15 nitrogen and oxygen atoms in total. The Hall–Kier alpha value is -3.95. The Morgan fingerprint density at radius 1 is 1.11 bits per heavy atom. The van der Waals surface area contributed by atoms with E-state index in [-0.39, 0.29) is 29.0 Å². The predicted octanol–water partition coefficient (Wildman–Crippen LogP) is 1.05. The number of carbonyl (C=O) groups is 5. The van der Waals surface area contributed by atoms with Gasteiger partial charge in [0.25, 0.3) is 0 Å². The number of carboxylic acids is 1. The van der Waals surface area contributed by atoms with Gasteiger partial charge in [0.05, 0.1) is 5.29 Å². The molecule has 0 radical (unpaired) electrons. The number of carbonyl (C=O) groups excluding carboxylic acids is 4. The molecule has 0 bridgehead atoms. The Bertz CT molecular complexity index is 1340. The van der Waals surface area contributed by atoms with Crippen LogP contribution in [0.1, 0.15) is 63.0 Å². The first-order valence-electron chi connectivity index (χ1n) is 14.8. The Balaban J connectivity index is 1.46. The van der Waals surface area contributed by atoms with E-state index in [9.17, 15) is 49.3 Å². The van der Waals surface area contributed by atoms with Crippen LogP contribution in [0.3, 0.4) is 0 Å². The fraction of sp³-hybridized carbons (Fsp3) is 0.633. The summed E-state index contributed by atoms with van der Waals surface area (Å²) in [6, 6.07) is 2.63. The van der Waals surface area contributed by atoms with Crippen LogP contribution in [-0.2, 0) is 30.3 Å². The standard InChI is InChI=1S/C30H39N3O12/c1-14(35)44-16-5-7-17-15(12-16)4-6-19-18(17)10-11-30(2)20(19)8-9-21(30)26(27(39)40)45-28(41)25(38)24(37)23(36)22(13-34)31-29(42)33(3)32-43/h5,7,12-13,18-26,36-38H,4,6,8-11H2,1-3H3,(H,31,42)(H,39,40)/t18-,19-,20+,21-,22+,23-,24+,25+,26?,30+/m1/s1. The monoisotopic (exact) mass is 633 g/mol. The number of carboxylic acid groups (broad SMARTS) is 1. The van der Waals surface area contributed by atoms with E-state index in [2.05, 4.69) is 5.29 Å². The van der Waals surface area contributed by atoms with Crippen molar-refractivity contribution in [2.45, 2.75) is 88.7 Å². The number of hydrogen-bond acceptors (Lipinski definition) is 12. The Morgan fingerprint density at radius 3 is 2.44 bits per heavy atom. The van der Waals surface area contributed by atoms with Crippen molar-refractivity contribution in [2.75, 3.05) is 7.05 Å². The molecule has 10 atom stereocenters. The lowest BCUT2D eigenvalue weighted by Crippen LogP contribution is -2.56.